The lowest BCUT2D eigenvalue weighted by molar-refractivity contribution is -0.122. The first kappa shape index (κ1) is 18.4. The molecule has 124 valence electrons. The van der Waals surface area contributed by atoms with Crippen molar-refractivity contribution in [1.82, 2.24) is 5.32 Å². The molecule has 1 aliphatic carbocycles. The summed E-state index contributed by atoms with van der Waals surface area (Å²) in [6.45, 7) is 6.87. The molecule has 0 radical (unpaired) electrons. The first-order chi connectivity index (χ1) is 9.41. The molecule has 0 spiro atoms. The quantitative estimate of drug-likeness (QED) is 0.804. The summed E-state index contributed by atoms with van der Waals surface area (Å²) in [6, 6.07) is 0. The fraction of sp³-hybridized carbons (Fsp3) is 0.933. The average Bonchev–Trinajstić information content (AvgIpc) is 2.32. The van der Waals surface area contributed by atoms with E-state index in [1.807, 2.05) is 0 Å². The van der Waals surface area contributed by atoms with Crippen molar-refractivity contribution in [2.24, 2.45) is 11.3 Å². The van der Waals surface area contributed by atoms with Crippen molar-refractivity contribution < 1.29 is 18.3 Å². The number of hydrogen-bond acceptors (Lipinski definition) is 4. The molecule has 0 atom stereocenters. The Morgan fingerprint density at radius 3 is 2.24 bits per heavy atom. The van der Waals surface area contributed by atoms with Gasteiger partial charge in [-0.15, -0.1) is 0 Å². The van der Waals surface area contributed by atoms with Gasteiger partial charge in [0.1, 0.15) is 9.84 Å². The fourth-order valence-electron chi connectivity index (χ4n) is 2.83. The van der Waals surface area contributed by atoms with Gasteiger partial charge in [-0.25, -0.2) is 8.42 Å². The van der Waals surface area contributed by atoms with E-state index in [1.165, 1.54) is 0 Å². The maximum Gasteiger partial charge on any atom is 0.221 e. The summed E-state index contributed by atoms with van der Waals surface area (Å²) in [7, 11) is -3.12. The number of carbonyl (C=O) groups is 1. The number of amides is 1. The molecule has 21 heavy (non-hydrogen) atoms. The van der Waals surface area contributed by atoms with E-state index in [9.17, 15) is 18.3 Å². The monoisotopic (exact) mass is 319 g/mol. The third kappa shape index (κ3) is 6.78. The molecule has 0 bridgehead atoms. The maximum atomic E-state index is 11.6. The van der Waals surface area contributed by atoms with Crippen LogP contribution < -0.4 is 5.32 Å². The predicted octanol–water partition coefficient (Wildman–Crippen LogP) is 1.50. The Bertz CT molecular complexity index is 457. The Morgan fingerprint density at radius 1 is 1.29 bits per heavy atom. The fourth-order valence-corrected chi connectivity index (χ4v) is 3.38. The van der Waals surface area contributed by atoms with E-state index in [-0.39, 0.29) is 30.0 Å². The third-order valence-corrected chi connectivity index (χ3v) is 5.40. The zero-order valence-electron chi connectivity index (χ0n) is 13.6. The Hall–Kier alpha value is -0.620. The summed E-state index contributed by atoms with van der Waals surface area (Å²) in [5.41, 5.74) is -0.595. The predicted molar refractivity (Wildman–Crippen MR) is 83.7 cm³/mol. The molecule has 0 aliphatic heterocycles. The summed E-state index contributed by atoms with van der Waals surface area (Å²) in [4.78, 5) is 11.6. The highest BCUT2D eigenvalue weighted by Gasteiger charge is 2.37. The van der Waals surface area contributed by atoms with Gasteiger partial charge in [0, 0.05) is 19.2 Å². The molecular weight excluding hydrogens is 290 g/mol. The van der Waals surface area contributed by atoms with Crippen LogP contribution in [-0.4, -0.2) is 43.6 Å². The van der Waals surface area contributed by atoms with E-state index in [0.717, 1.165) is 19.1 Å². The molecule has 1 aliphatic rings. The van der Waals surface area contributed by atoms with E-state index in [2.05, 4.69) is 26.1 Å². The summed E-state index contributed by atoms with van der Waals surface area (Å²) >= 11 is 0. The van der Waals surface area contributed by atoms with Gasteiger partial charge in [-0.2, -0.15) is 0 Å². The highest BCUT2D eigenvalue weighted by atomic mass is 32.2. The molecule has 0 saturated heterocycles. The van der Waals surface area contributed by atoms with Crippen LogP contribution >= 0.6 is 0 Å². The van der Waals surface area contributed by atoms with Crippen molar-refractivity contribution in [1.29, 1.82) is 0 Å². The second-order valence-electron chi connectivity index (χ2n) is 7.52. The first-order valence-electron chi connectivity index (χ1n) is 7.58. The SMILES string of the molecule is CC(C)(C)C1CCC(O)(CNC(=O)CCS(C)(=O)=O)CC1. The van der Waals surface area contributed by atoms with E-state index in [0.29, 0.717) is 18.8 Å². The Morgan fingerprint density at radius 2 is 1.81 bits per heavy atom. The van der Waals surface area contributed by atoms with Crippen molar-refractivity contribution in [3.63, 3.8) is 0 Å². The molecule has 0 heterocycles. The summed E-state index contributed by atoms with van der Waals surface area (Å²) < 4.78 is 22.0. The zero-order valence-corrected chi connectivity index (χ0v) is 14.4. The lowest BCUT2D eigenvalue weighted by atomic mass is 9.68. The highest BCUT2D eigenvalue weighted by molar-refractivity contribution is 7.90. The molecule has 1 rings (SSSR count). The molecule has 6 heteroatoms. The van der Waals surface area contributed by atoms with Crippen LogP contribution in [0.5, 0.6) is 0 Å². The largest absolute Gasteiger partial charge is 0.388 e. The van der Waals surface area contributed by atoms with E-state index < -0.39 is 15.4 Å². The number of nitrogens with one attached hydrogen (secondary N) is 1. The normalized spacial score (nSPS) is 27.4. The standard InChI is InChI=1S/C15H29NO4S/c1-14(2,3)12-5-8-15(18,9-6-12)11-16-13(17)7-10-21(4,19)20/h12,18H,5-11H2,1-4H3,(H,16,17). The molecule has 0 aromatic heterocycles. The number of aliphatic hydroxyl groups is 1. The summed E-state index contributed by atoms with van der Waals surface area (Å²) in [6.07, 6.45) is 4.35. The van der Waals surface area contributed by atoms with Gasteiger partial charge in [0.25, 0.3) is 0 Å². The first-order valence-corrected chi connectivity index (χ1v) is 9.64. The summed E-state index contributed by atoms with van der Waals surface area (Å²) in [5, 5.41) is 13.2. The molecule has 2 N–H and O–H groups in total. The minimum Gasteiger partial charge on any atom is -0.388 e. The highest BCUT2D eigenvalue weighted by Crippen LogP contribution is 2.41. The molecule has 0 unspecified atom stereocenters. The van der Waals surface area contributed by atoms with E-state index >= 15 is 0 Å². The van der Waals surface area contributed by atoms with Gasteiger partial charge in [0.2, 0.25) is 5.91 Å². The average molecular weight is 319 g/mol. The van der Waals surface area contributed by atoms with Crippen molar-refractivity contribution in [2.45, 2.75) is 58.5 Å². The second-order valence-corrected chi connectivity index (χ2v) is 9.78. The molecular formula is C15H29NO4S. The zero-order chi connectivity index (χ0) is 16.3. The molecule has 1 saturated carbocycles. The third-order valence-electron chi connectivity index (χ3n) is 4.46. The van der Waals surface area contributed by atoms with Crippen LogP contribution in [0, 0.1) is 11.3 Å². The van der Waals surface area contributed by atoms with Gasteiger partial charge in [0.05, 0.1) is 11.4 Å². The molecule has 1 fully saturated rings. The Balaban J connectivity index is 2.37. The molecule has 0 aromatic rings. The van der Waals surface area contributed by atoms with Crippen molar-refractivity contribution in [2.75, 3.05) is 18.6 Å². The molecule has 0 aromatic carbocycles. The van der Waals surface area contributed by atoms with Crippen LogP contribution in [0.15, 0.2) is 0 Å². The van der Waals surface area contributed by atoms with Crippen LogP contribution in [0.2, 0.25) is 0 Å². The van der Waals surface area contributed by atoms with Crippen molar-refractivity contribution in [3.8, 4) is 0 Å². The second kappa shape index (κ2) is 6.65. The van der Waals surface area contributed by atoms with Gasteiger partial charge < -0.3 is 10.4 Å². The van der Waals surface area contributed by atoms with Crippen LogP contribution in [0.1, 0.15) is 52.9 Å². The number of hydrogen-bond donors (Lipinski definition) is 2. The van der Waals surface area contributed by atoms with Crippen molar-refractivity contribution >= 4 is 15.7 Å². The lowest BCUT2D eigenvalue weighted by Crippen LogP contribution is -2.46. The van der Waals surface area contributed by atoms with Crippen LogP contribution in [0.25, 0.3) is 0 Å². The molecule has 5 nitrogen and oxygen atoms in total. The molecule has 1 amide bonds. The van der Waals surface area contributed by atoms with E-state index in [4.69, 9.17) is 0 Å². The van der Waals surface area contributed by atoms with Crippen LogP contribution in [0.4, 0.5) is 0 Å². The smallest absolute Gasteiger partial charge is 0.221 e. The number of rotatable bonds is 5. The van der Waals surface area contributed by atoms with Gasteiger partial charge in [-0.1, -0.05) is 20.8 Å². The van der Waals surface area contributed by atoms with Gasteiger partial charge >= 0.3 is 0 Å². The van der Waals surface area contributed by atoms with Gasteiger partial charge in [-0.3, -0.25) is 4.79 Å². The Labute approximate surface area is 128 Å². The summed E-state index contributed by atoms with van der Waals surface area (Å²) in [5.74, 6) is 0.133. The Kier molecular flexibility index (Phi) is 5.83. The number of sulfone groups is 1. The van der Waals surface area contributed by atoms with E-state index in [1.54, 1.807) is 0 Å². The van der Waals surface area contributed by atoms with Crippen LogP contribution in [-0.2, 0) is 14.6 Å². The van der Waals surface area contributed by atoms with Crippen LogP contribution in [0.3, 0.4) is 0 Å². The topological polar surface area (TPSA) is 83.5 Å². The minimum atomic E-state index is -3.12. The van der Waals surface area contributed by atoms with Gasteiger partial charge in [0.15, 0.2) is 0 Å². The minimum absolute atomic E-state index is 0.0421. The number of carbonyl (C=O) groups excluding carboxylic acids is 1. The maximum absolute atomic E-state index is 11.6. The van der Waals surface area contributed by atoms with Gasteiger partial charge in [-0.05, 0) is 37.0 Å². The lowest BCUT2D eigenvalue weighted by Gasteiger charge is -2.41. The van der Waals surface area contributed by atoms with Crippen molar-refractivity contribution in [3.05, 3.63) is 0 Å².